The van der Waals surface area contributed by atoms with Crippen molar-refractivity contribution in [2.24, 2.45) is 0 Å². The van der Waals surface area contributed by atoms with Gasteiger partial charge in [0.2, 0.25) is 0 Å². The fourth-order valence-corrected chi connectivity index (χ4v) is 3.99. The molecule has 1 aromatic rings. The molecule has 2 rings (SSSR count). The Morgan fingerprint density at radius 3 is 2.65 bits per heavy atom. The van der Waals surface area contributed by atoms with E-state index in [4.69, 9.17) is 9.47 Å². The molecule has 1 fully saturated rings. The summed E-state index contributed by atoms with van der Waals surface area (Å²) in [4.78, 5) is 14.5. The van der Waals surface area contributed by atoms with Crippen molar-refractivity contribution in [3.8, 4) is 11.5 Å². The molecule has 0 aromatic heterocycles. The van der Waals surface area contributed by atoms with E-state index in [-0.39, 0.29) is 16.8 Å². The lowest BCUT2D eigenvalue weighted by molar-refractivity contribution is 0.192. The predicted octanol–water partition coefficient (Wildman–Crippen LogP) is 3.10. The van der Waals surface area contributed by atoms with Gasteiger partial charge >= 0.3 is 6.03 Å². The average Bonchev–Trinajstić information content (AvgIpc) is 3.09. The first-order chi connectivity index (χ1) is 12.3. The Hall–Kier alpha value is -1.76. The lowest BCUT2D eigenvalue weighted by Crippen LogP contribution is -2.41. The minimum absolute atomic E-state index is 0.0241. The molecular weight excluding hydrogens is 352 g/mol. The Kier molecular flexibility index (Phi) is 6.92. The molecule has 1 aliphatic rings. The van der Waals surface area contributed by atoms with E-state index < -0.39 is 10.8 Å². The predicted molar refractivity (Wildman–Crippen MR) is 104 cm³/mol. The van der Waals surface area contributed by atoms with Gasteiger partial charge in [0, 0.05) is 46.0 Å². The standard InChI is InChI=1S/C19H30N2O4S/c1-19(2,3)26(23)12-10-20-18(22)21-11-6-7-16(21)15-9-8-14(24-4)13-17(15)25-5/h8-9,13,16H,6-7,10-12H2,1-5H3,(H,20,22). The first kappa shape index (κ1) is 20.6. The molecule has 1 aliphatic heterocycles. The number of carbonyl (C=O) groups excluding carboxylic acids is 1. The molecule has 0 aliphatic carbocycles. The van der Waals surface area contributed by atoms with E-state index in [1.165, 1.54) is 0 Å². The molecule has 2 amide bonds. The Morgan fingerprint density at radius 2 is 2.04 bits per heavy atom. The molecule has 1 aromatic carbocycles. The average molecular weight is 383 g/mol. The van der Waals surface area contributed by atoms with E-state index in [0.717, 1.165) is 29.9 Å². The van der Waals surface area contributed by atoms with E-state index in [1.54, 1.807) is 14.2 Å². The van der Waals surface area contributed by atoms with Crippen molar-refractivity contribution in [2.75, 3.05) is 33.1 Å². The first-order valence-electron chi connectivity index (χ1n) is 8.92. The number of nitrogens with zero attached hydrogens (tertiary/aromatic N) is 1. The SMILES string of the molecule is COc1ccc(C2CCCN2C(=O)NCCS(=O)C(C)(C)C)c(OC)c1. The van der Waals surface area contributed by atoms with Crippen molar-refractivity contribution >= 4 is 16.8 Å². The normalized spacial score (nSPS) is 18.5. The maximum absolute atomic E-state index is 12.6. The molecule has 0 radical (unpaired) electrons. The number of amides is 2. The third-order valence-corrected chi connectivity index (χ3v) is 6.50. The van der Waals surface area contributed by atoms with E-state index in [1.807, 2.05) is 43.9 Å². The number of likely N-dealkylation sites (tertiary alicyclic amines) is 1. The number of benzene rings is 1. The minimum Gasteiger partial charge on any atom is -0.497 e. The lowest BCUT2D eigenvalue weighted by atomic mass is 10.0. The van der Waals surface area contributed by atoms with Crippen molar-refractivity contribution in [2.45, 2.75) is 44.4 Å². The highest BCUT2D eigenvalue weighted by Crippen LogP contribution is 2.38. The Bertz CT molecular complexity index is 657. The molecule has 7 heteroatoms. The van der Waals surface area contributed by atoms with Crippen LogP contribution in [0.3, 0.4) is 0 Å². The van der Waals surface area contributed by atoms with Crippen LogP contribution in [0.1, 0.15) is 45.2 Å². The summed E-state index contributed by atoms with van der Waals surface area (Å²) in [6.45, 7) is 6.94. The van der Waals surface area contributed by atoms with Crippen LogP contribution in [0.15, 0.2) is 18.2 Å². The van der Waals surface area contributed by atoms with E-state index in [9.17, 15) is 9.00 Å². The molecule has 0 saturated carbocycles. The fraction of sp³-hybridized carbons (Fsp3) is 0.632. The number of methoxy groups -OCH3 is 2. The maximum atomic E-state index is 12.6. The maximum Gasteiger partial charge on any atom is 0.317 e. The summed E-state index contributed by atoms with van der Waals surface area (Å²) >= 11 is 0. The van der Waals surface area contributed by atoms with E-state index in [0.29, 0.717) is 18.8 Å². The molecule has 146 valence electrons. The Balaban J connectivity index is 2.03. The quantitative estimate of drug-likeness (QED) is 0.821. The highest BCUT2D eigenvalue weighted by molar-refractivity contribution is 7.86. The number of hydrogen-bond acceptors (Lipinski definition) is 4. The highest BCUT2D eigenvalue weighted by atomic mass is 32.2. The summed E-state index contributed by atoms with van der Waals surface area (Å²) in [7, 11) is 2.26. The molecule has 1 saturated heterocycles. The fourth-order valence-electron chi connectivity index (χ4n) is 3.09. The zero-order chi connectivity index (χ0) is 19.3. The summed E-state index contributed by atoms with van der Waals surface area (Å²) in [5, 5.41) is 2.92. The van der Waals surface area contributed by atoms with Gasteiger partial charge in [-0.15, -0.1) is 0 Å². The van der Waals surface area contributed by atoms with E-state index >= 15 is 0 Å². The number of ether oxygens (including phenoxy) is 2. The van der Waals surface area contributed by atoms with Crippen molar-refractivity contribution in [1.29, 1.82) is 0 Å². The van der Waals surface area contributed by atoms with Gasteiger partial charge < -0.3 is 19.7 Å². The van der Waals surface area contributed by atoms with Crippen LogP contribution >= 0.6 is 0 Å². The van der Waals surface area contributed by atoms with Crippen LogP contribution < -0.4 is 14.8 Å². The number of carbonyl (C=O) groups is 1. The molecule has 1 N–H and O–H groups in total. The highest BCUT2D eigenvalue weighted by Gasteiger charge is 2.32. The van der Waals surface area contributed by atoms with Crippen molar-refractivity contribution < 1.29 is 18.5 Å². The summed E-state index contributed by atoms with van der Waals surface area (Å²) in [5.41, 5.74) is 0.985. The van der Waals surface area contributed by atoms with Crippen molar-refractivity contribution in [1.82, 2.24) is 10.2 Å². The van der Waals surface area contributed by atoms with Gasteiger partial charge in [0.1, 0.15) is 11.5 Å². The van der Waals surface area contributed by atoms with Crippen LogP contribution in [0.4, 0.5) is 4.79 Å². The second kappa shape index (κ2) is 8.75. The van der Waals surface area contributed by atoms with Crippen LogP contribution in [-0.4, -0.2) is 52.9 Å². The molecule has 2 unspecified atom stereocenters. The number of urea groups is 1. The van der Waals surface area contributed by atoms with Gasteiger partial charge in [-0.1, -0.05) is 0 Å². The smallest absolute Gasteiger partial charge is 0.317 e. The monoisotopic (exact) mass is 382 g/mol. The Labute approximate surface area is 158 Å². The van der Waals surface area contributed by atoms with Crippen LogP contribution in [0.2, 0.25) is 0 Å². The summed E-state index contributed by atoms with van der Waals surface area (Å²) in [6.07, 6.45) is 1.84. The second-order valence-corrected chi connectivity index (χ2v) is 9.68. The lowest BCUT2D eigenvalue weighted by Gasteiger charge is -2.27. The molecule has 6 nitrogen and oxygen atoms in total. The number of rotatable bonds is 6. The van der Waals surface area contributed by atoms with Crippen LogP contribution in [0.5, 0.6) is 11.5 Å². The topological polar surface area (TPSA) is 67.9 Å². The van der Waals surface area contributed by atoms with Gasteiger partial charge in [-0.25, -0.2) is 4.79 Å². The molecule has 1 heterocycles. The van der Waals surface area contributed by atoms with Gasteiger partial charge in [-0.2, -0.15) is 0 Å². The van der Waals surface area contributed by atoms with Gasteiger partial charge in [0.05, 0.1) is 20.3 Å². The zero-order valence-electron chi connectivity index (χ0n) is 16.3. The van der Waals surface area contributed by atoms with Gasteiger partial charge in [-0.3, -0.25) is 4.21 Å². The van der Waals surface area contributed by atoms with Crippen LogP contribution in [0, 0.1) is 0 Å². The largest absolute Gasteiger partial charge is 0.497 e. The summed E-state index contributed by atoms with van der Waals surface area (Å²) in [5.74, 6) is 1.91. The number of hydrogen-bond donors (Lipinski definition) is 1. The van der Waals surface area contributed by atoms with Crippen LogP contribution in [0.25, 0.3) is 0 Å². The molecular formula is C19H30N2O4S. The van der Waals surface area contributed by atoms with E-state index in [2.05, 4.69) is 5.32 Å². The van der Waals surface area contributed by atoms with Gasteiger partial charge in [-0.05, 0) is 45.7 Å². The third kappa shape index (κ3) is 4.90. The van der Waals surface area contributed by atoms with Crippen molar-refractivity contribution in [3.63, 3.8) is 0 Å². The zero-order valence-corrected chi connectivity index (χ0v) is 17.1. The molecule has 0 bridgehead atoms. The van der Waals surface area contributed by atoms with Crippen molar-refractivity contribution in [3.05, 3.63) is 23.8 Å². The molecule has 26 heavy (non-hydrogen) atoms. The molecule has 2 atom stereocenters. The first-order valence-corrected chi connectivity index (χ1v) is 10.2. The Morgan fingerprint density at radius 1 is 1.31 bits per heavy atom. The summed E-state index contributed by atoms with van der Waals surface area (Å²) in [6, 6.07) is 5.55. The third-order valence-electron chi connectivity index (χ3n) is 4.56. The van der Waals surface area contributed by atoms with Crippen LogP contribution in [-0.2, 0) is 10.8 Å². The van der Waals surface area contributed by atoms with Gasteiger partial charge in [0.25, 0.3) is 0 Å². The minimum atomic E-state index is -0.976. The van der Waals surface area contributed by atoms with Gasteiger partial charge in [0.15, 0.2) is 0 Å². The summed E-state index contributed by atoms with van der Waals surface area (Å²) < 4.78 is 22.6. The molecule has 0 spiro atoms. The number of nitrogens with one attached hydrogen (secondary N) is 1. The second-order valence-electron chi connectivity index (χ2n) is 7.35.